The molecule has 134 valence electrons. The molecule has 3 rings (SSSR count). The SMILES string of the molecule is CCn1cnnc1CC1CCN(C(=O)NCc2ccc(F)cc2)CC1. The smallest absolute Gasteiger partial charge is 0.317 e. The van der Waals surface area contributed by atoms with Gasteiger partial charge in [0.1, 0.15) is 18.0 Å². The van der Waals surface area contributed by atoms with Crippen molar-refractivity contribution in [2.45, 2.75) is 39.3 Å². The van der Waals surface area contributed by atoms with E-state index < -0.39 is 0 Å². The molecule has 2 amide bonds. The maximum Gasteiger partial charge on any atom is 0.317 e. The lowest BCUT2D eigenvalue weighted by molar-refractivity contribution is 0.169. The number of halogens is 1. The molecule has 0 saturated carbocycles. The van der Waals surface area contributed by atoms with Gasteiger partial charge >= 0.3 is 6.03 Å². The van der Waals surface area contributed by atoms with Crippen molar-refractivity contribution >= 4 is 6.03 Å². The van der Waals surface area contributed by atoms with Crippen LogP contribution in [0.25, 0.3) is 0 Å². The van der Waals surface area contributed by atoms with Crippen molar-refractivity contribution in [3.63, 3.8) is 0 Å². The van der Waals surface area contributed by atoms with Gasteiger partial charge in [0.2, 0.25) is 0 Å². The van der Waals surface area contributed by atoms with Gasteiger partial charge < -0.3 is 14.8 Å². The second-order valence-electron chi connectivity index (χ2n) is 6.45. The highest BCUT2D eigenvalue weighted by molar-refractivity contribution is 5.74. The Bertz CT molecular complexity index is 692. The Morgan fingerprint density at radius 2 is 2.00 bits per heavy atom. The van der Waals surface area contributed by atoms with E-state index in [1.54, 1.807) is 18.5 Å². The zero-order chi connectivity index (χ0) is 17.6. The van der Waals surface area contributed by atoms with Gasteiger partial charge in [-0.25, -0.2) is 9.18 Å². The molecule has 1 fully saturated rings. The quantitative estimate of drug-likeness (QED) is 0.906. The first-order chi connectivity index (χ1) is 12.2. The normalized spacial score (nSPS) is 15.4. The van der Waals surface area contributed by atoms with Crippen molar-refractivity contribution in [3.05, 3.63) is 47.8 Å². The monoisotopic (exact) mass is 345 g/mol. The number of carbonyl (C=O) groups excluding carboxylic acids is 1. The number of nitrogens with zero attached hydrogens (tertiary/aromatic N) is 4. The predicted octanol–water partition coefficient (Wildman–Crippen LogP) is 2.60. The lowest BCUT2D eigenvalue weighted by Gasteiger charge is -2.31. The Balaban J connectivity index is 1.43. The number of urea groups is 1. The summed E-state index contributed by atoms with van der Waals surface area (Å²) in [6, 6.07) is 6.13. The highest BCUT2D eigenvalue weighted by Gasteiger charge is 2.24. The third kappa shape index (κ3) is 4.55. The molecule has 0 aliphatic carbocycles. The van der Waals surface area contributed by atoms with Gasteiger partial charge in [0.15, 0.2) is 0 Å². The molecule has 2 heterocycles. The lowest BCUT2D eigenvalue weighted by atomic mass is 9.93. The van der Waals surface area contributed by atoms with E-state index >= 15 is 0 Å². The molecule has 0 radical (unpaired) electrons. The van der Waals surface area contributed by atoms with E-state index in [1.165, 1.54) is 12.1 Å². The van der Waals surface area contributed by atoms with Crippen LogP contribution in [0.2, 0.25) is 0 Å². The number of amides is 2. The molecule has 1 aliphatic heterocycles. The zero-order valence-corrected chi connectivity index (χ0v) is 14.5. The number of hydrogen-bond acceptors (Lipinski definition) is 3. The molecule has 1 aromatic carbocycles. The Morgan fingerprint density at radius 3 is 2.68 bits per heavy atom. The van der Waals surface area contributed by atoms with Gasteiger partial charge in [-0.05, 0) is 43.4 Å². The van der Waals surface area contributed by atoms with Crippen LogP contribution in [-0.2, 0) is 19.5 Å². The summed E-state index contributed by atoms with van der Waals surface area (Å²) in [6.07, 6.45) is 4.63. The molecule has 1 N–H and O–H groups in total. The van der Waals surface area contributed by atoms with Crippen molar-refractivity contribution in [2.24, 2.45) is 5.92 Å². The van der Waals surface area contributed by atoms with E-state index in [0.717, 1.165) is 50.3 Å². The lowest BCUT2D eigenvalue weighted by Crippen LogP contribution is -2.44. The van der Waals surface area contributed by atoms with Gasteiger partial charge in [-0.1, -0.05) is 12.1 Å². The Morgan fingerprint density at radius 1 is 1.28 bits per heavy atom. The van der Waals surface area contributed by atoms with Crippen LogP contribution in [0, 0.1) is 11.7 Å². The molecule has 0 bridgehead atoms. The molecule has 6 nitrogen and oxygen atoms in total. The molecule has 1 aliphatic rings. The van der Waals surface area contributed by atoms with Crippen molar-refractivity contribution in [3.8, 4) is 0 Å². The molecular weight excluding hydrogens is 321 g/mol. The van der Waals surface area contributed by atoms with Gasteiger partial charge in [0, 0.05) is 32.6 Å². The van der Waals surface area contributed by atoms with Crippen molar-refractivity contribution < 1.29 is 9.18 Å². The second-order valence-corrected chi connectivity index (χ2v) is 6.45. The molecule has 25 heavy (non-hydrogen) atoms. The third-order valence-electron chi connectivity index (χ3n) is 4.77. The topological polar surface area (TPSA) is 63.1 Å². The summed E-state index contributed by atoms with van der Waals surface area (Å²) >= 11 is 0. The summed E-state index contributed by atoms with van der Waals surface area (Å²) in [6.45, 7) is 4.88. The number of aromatic nitrogens is 3. The minimum absolute atomic E-state index is 0.0560. The molecular formula is C18H24FN5O. The molecule has 0 unspecified atom stereocenters. The van der Waals surface area contributed by atoms with Gasteiger partial charge in [-0.3, -0.25) is 0 Å². The highest BCUT2D eigenvalue weighted by Crippen LogP contribution is 2.21. The first kappa shape index (κ1) is 17.4. The first-order valence-electron chi connectivity index (χ1n) is 8.79. The highest BCUT2D eigenvalue weighted by atomic mass is 19.1. The van der Waals surface area contributed by atoms with E-state index in [2.05, 4.69) is 27.0 Å². The largest absolute Gasteiger partial charge is 0.334 e. The van der Waals surface area contributed by atoms with Crippen LogP contribution in [0.5, 0.6) is 0 Å². The van der Waals surface area contributed by atoms with E-state index in [-0.39, 0.29) is 11.8 Å². The number of benzene rings is 1. The average Bonchev–Trinajstić information content (AvgIpc) is 3.09. The predicted molar refractivity (Wildman–Crippen MR) is 92.3 cm³/mol. The summed E-state index contributed by atoms with van der Waals surface area (Å²) in [5, 5.41) is 11.1. The van der Waals surface area contributed by atoms with E-state index in [1.807, 2.05) is 4.90 Å². The van der Waals surface area contributed by atoms with E-state index in [9.17, 15) is 9.18 Å². The van der Waals surface area contributed by atoms with Crippen LogP contribution in [0.4, 0.5) is 9.18 Å². The van der Waals surface area contributed by atoms with Gasteiger partial charge in [-0.15, -0.1) is 10.2 Å². The fourth-order valence-corrected chi connectivity index (χ4v) is 3.19. The summed E-state index contributed by atoms with van der Waals surface area (Å²) in [7, 11) is 0. The number of hydrogen-bond donors (Lipinski definition) is 1. The number of rotatable bonds is 5. The fourth-order valence-electron chi connectivity index (χ4n) is 3.19. The molecule has 0 atom stereocenters. The molecule has 2 aromatic rings. The maximum atomic E-state index is 12.9. The second kappa shape index (κ2) is 8.09. The third-order valence-corrected chi connectivity index (χ3v) is 4.77. The summed E-state index contributed by atoms with van der Waals surface area (Å²) in [5.41, 5.74) is 0.892. The number of piperidine rings is 1. The molecule has 7 heteroatoms. The van der Waals surface area contributed by atoms with Gasteiger partial charge in [0.05, 0.1) is 0 Å². The standard InChI is InChI=1S/C18H24FN5O/c1-2-23-13-21-22-17(23)11-14-7-9-24(10-8-14)18(25)20-12-15-3-5-16(19)6-4-15/h3-6,13-14H,2,7-12H2,1H3,(H,20,25). The zero-order valence-electron chi connectivity index (χ0n) is 14.5. The first-order valence-corrected chi connectivity index (χ1v) is 8.79. The minimum Gasteiger partial charge on any atom is -0.334 e. The maximum absolute atomic E-state index is 12.9. The molecule has 1 saturated heterocycles. The number of carbonyl (C=O) groups is 1. The number of likely N-dealkylation sites (tertiary alicyclic amines) is 1. The van der Waals surface area contributed by atoms with Crippen molar-refractivity contribution in [2.75, 3.05) is 13.1 Å². The fraction of sp³-hybridized carbons (Fsp3) is 0.500. The minimum atomic E-state index is -0.268. The number of aryl methyl sites for hydroxylation is 1. The summed E-state index contributed by atoms with van der Waals surface area (Å²) < 4.78 is 15.0. The van der Waals surface area contributed by atoms with Crippen LogP contribution in [0.3, 0.4) is 0 Å². The summed E-state index contributed by atoms with van der Waals surface area (Å²) in [5.74, 6) is 1.30. The van der Waals surface area contributed by atoms with E-state index in [0.29, 0.717) is 12.5 Å². The van der Waals surface area contributed by atoms with Gasteiger partial charge in [-0.2, -0.15) is 0 Å². The Labute approximate surface area is 147 Å². The van der Waals surface area contributed by atoms with Gasteiger partial charge in [0.25, 0.3) is 0 Å². The van der Waals surface area contributed by atoms with Crippen molar-refractivity contribution in [1.29, 1.82) is 0 Å². The van der Waals surface area contributed by atoms with Crippen LogP contribution in [0.1, 0.15) is 31.2 Å². The number of nitrogens with one attached hydrogen (secondary N) is 1. The molecule has 1 aromatic heterocycles. The Hall–Kier alpha value is -2.44. The van der Waals surface area contributed by atoms with Crippen LogP contribution < -0.4 is 5.32 Å². The Kier molecular flexibility index (Phi) is 5.63. The summed E-state index contributed by atoms with van der Waals surface area (Å²) in [4.78, 5) is 14.1. The van der Waals surface area contributed by atoms with Crippen LogP contribution in [-0.4, -0.2) is 38.8 Å². The average molecular weight is 345 g/mol. The van der Waals surface area contributed by atoms with Crippen molar-refractivity contribution in [1.82, 2.24) is 25.0 Å². The van der Waals surface area contributed by atoms with Crippen LogP contribution >= 0.6 is 0 Å². The molecule has 0 spiro atoms. The van der Waals surface area contributed by atoms with E-state index in [4.69, 9.17) is 0 Å². The van der Waals surface area contributed by atoms with Crippen LogP contribution in [0.15, 0.2) is 30.6 Å².